The number of pyridine rings is 1. The molecule has 7 nitrogen and oxygen atoms in total. The molecule has 0 aliphatic carbocycles. The van der Waals surface area contributed by atoms with Gasteiger partial charge in [0.25, 0.3) is 0 Å². The number of nitrogens with two attached hydrogens (primary N) is 1. The Hall–Kier alpha value is -3.82. The number of allylic oxidation sites excluding steroid dienone is 1. The molecule has 35 heavy (non-hydrogen) atoms. The molecule has 0 fully saturated rings. The largest absolute Gasteiger partial charge is 0.366 e. The number of primary amides is 1. The van der Waals surface area contributed by atoms with Crippen LogP contribution in [0.3, 0.4) is 0 Å². The van der Waals surface area contributed by atoms with Crippen molar-refractivity contribution in [2.45, 2.75) is 13.0 Å². The smallest absolute Gasteiger partial charge is 0.248 e. The Labute approximate surface area is 207 Å². The third-order valence-corrected chi connectivity index (χ3v) is 6.16. The molecule has 3 N–H and O–H groups in total. The van der Waals surface area contributed by atoms with Crippen molar-refractivity contribution < 1.29 is 13.6 Å². The van der Waals surface area contributed by atoms with E-state index in [-0.39, 0.29) is 38.5 Å². The van der Waals surface area contributed by atoms with Gasteiger partial charge < -0.3 is 5.73 Å². The van der Waals surface area contributed by atoms with E-state index in [0.717, 1.165) is 6.07 Å². The first kappa shape index (κ1) is 22.9. The lowest BCUT2D eigenvalue weighted by Gasteiger charge is -2.35. The van der Waals surface area contributed by atoms with Crippen molar-refractivity contribution in [2.24, 2.45) is 10.7 Å². The van der Waals surface area contributed by atoms with E-state index in [0.29, 0.717) is 16.5 Å². The molecule has 0 bridgehead atoms. The third kappa shape index (κ3) is 4.02. The average Bonchev–Trinajstić information content (AvgIpc) is 3.25. The third-order valence-electron chi connectivity index (χ3n) is 5.72. The van der Waals surface area contributed by atoms with Crippen LogP contribution in [0, 0.1) is 11.6 Å². The van der Waals surface area contributed by atoms with Gasteiger partial charge in [-0.05, 0) is 37.3 Å². The number of amidine groups is 1. The van der Waals surface area contributed by atoms with Gasteiger partial charge >= 0.3 is 0 Å². The molecule has 3 heterocycles. The van der Waals surface area contributed by atoms with E-state index in [9.17, 15) is 9.18 Å². The monoisotopic (exact) mass is 512 g/mol. The number of halogens is 4. The molecule has 11 heteroatoms. The predicted octanol–water partition coefficient (Wildman–Crippen LogP) is 5.31. The first-order valence-electron chi connectivity index (χ1n) is 10.3. The highest BCUT2D eigenvalue weighted by atomic mass is 35.5. The second kappa shape index (κ2) is 8.75. The molecule has 1 atom stereocenters. The first-order chi connectivity index (χ1) is 16.7. The van der Waals surface area contributed by atoms with Gasteiger partial charge in [0.15, 0.2) is 0 Å². The van der Waals surface area contributed by atoms with Crippen LogP contribution < -0.4 is 10.6 Å². The lowest BCUT2D eigenvalue weighted by Crippen LogP contribution is -2.39. The van der Waals surface area contributed by atoms with E-state index in [2.05, 4.69) is 15.2 Å². The van der Waals surface area contributed by atoms with Crippen LogP contribution in [0.15, 0.2) is 71.1 Å². The van der Waals surface area contributed by atoms with Gasteiger partial charge in [-0.1, -0.05) is 29.3 Å². The molecule has 2 aromatic heterocycles. The zero-order valence-corrected chi connectivity index (χ0v) is 19.6. The molecule has 176 valence electrons. The molecule has 1 aliphatic heterocycles. The van der Waals surface area contributed by atoms with E-state index in [1.807, 2.05) is 0 Å². The highest BCUT2D eigenvalue weighted by Crippen LogP contribution is 2.40. The van der Waals surface area contributed by atoms with Gasteiger partial charge in [-0.3, -0.25) is 19.8 Å². The van der Waals surface area contributed by atoms with Crippen LogP contribution in [0.4, 0.5) is 14.5 Å². The van der Waals surface area contributed by atoms with Crippen molar-refractivity contribution in [3.8, 4) is 0 Å². The normalized spacial score (nSPS) is 16.1. The van der Waals surface area contributed by atoms with Crippen molar-refractivity contribution >= 4 is 51.5 Å². The van der Waals surface area contributed by atoms with Crippen LogP contribution >= 0.6 is 23.2 Å². The number of benzene rings is 2. The fraction of sp³-hybridized carbons (Fsp3) is 0.0833. The average molecular weight is 513 g/mol. The number of nitrogens with one attached hydrogen (secondary N) is 1. The highest BCUT2D eigenvalue weighted by Gasteiger charge is 2.36. The summed E-state index contributed by atoms with van der Waals surface area (Å²) in [5.41, 5.74) is 7.17. The Morgan fingerprint density at radius 3 is 2.63 bits per heavy atom. The van der Waals surface area contributed by atoms with Gasteiger partial charge in [-0.2, -0.15) is 5.10 Å². The summed E-state index contributed by atoms with van der Waals surface area (Å²) in [6.07, 6.45) is 3.01. The van der Waals surface area contributed by atoms with E-state index in [1.54, 1.807) is 31.3 Å². The maximum absolute atomic E-state index is 15.4. The standard InChI is InChI=1S/C24H16Cl2F2N6O/c1-11-21(23(29)35)22(15-3-2-14(25)8-16(15)27)32-24(12-4-5-30-20(26)7-12)34(11)19-6-13-10-31-33-18(13)9-17(19)28/h2-10,22H,1H3,(H2,29,35)(H,31,33). The second-order valence-corrected chi connectivity index (χ2v) is 8.67. The van der Waals surface area contributed by atoms with E-state index >= 15 is 4.39 Å². The maximum Gasteiger partial charge on any atom is 0.248 e. The fourth-order valence-electron chi connectivity index (χ4n) is 4.15. The molecule has 1 unspecified atom stereocenters. The Morgan fingerprint density at radius 2 is 1.91 bits per heavy atom. The number of fused-ring (bicyclic) bond motifs is 1. The zero-order chi connectivity index (χ0) is 24.9. The maximum atomic E-state index is 15.4. The topological polar surface area (TPSA) is 100 Å². The van der Waals surface area contributed by atoms with Gasteiger partial charge in [-0.15, -0.1) is 0 Å². The van der Waals surface area contributed by atoms with Crippen LogP contribution in [0.2, 0.25) is 10.2 Å². The van der Waals surface area contributed by atoms with Crippen LogP contribution in [-0.4, -0.2) is 26.9 Å². The van der Waals surface area contributed by atoms with Gasteiger partial charge in [0.1, 0.15) is 28.7 Å². The van der Waals surface area contributed by atoms with Crippen LogP contribution in [-0.2, 0) is 4.79 Å². The minimum absolute atomic E-state index is 0.00168. The van der Waals surface area contributed by atoms with Crippen molar-refractivity contribution in [3.63, 3.8) is 0 Å². The highest BCUT2D eigenvalue weighted by molar-refractivity contribution is 6.30. The molecule has 0 saturated carbocycles. The molecular formula is C24H16Cl2F2N6O. The SMILES string of the molecule is CC1=C(C(N)=O)C(c2ccc(Cl)cc2F)N=C(c2ccnc(Cl)c2)N1c1cc2cn[nH]c2cc1F. The van der Waals surface area contributed by atoms with Gasteiger partial charge in [0.05, 0.1) is 23.0 Å². The number of anilines is 1. The summed E-state index contributed by atoms with van der Waals surface area (Å²) in [4.78, 5) is 22.8. The molecule has 0 spiro atoms. The van der Waals surface area contributed by atoms with Crippen molar-refractivity contribution in [2.75, 3.05) is 4.90 Å². The summed E-state index contributed by atoms with van der Waals surface area (Å²) in [6, 6.07) is 8.97. The van der Waals surface area contributed by atoms with Crippen molar-refractivity contribution in [3.05, 3.63) is 99.1 Å². The molecule has 0 radical (unpaired) electrons. The number of hydrogen-bond donors (Lipinski definition) is 2. The molecule has 1 aliphatic rings. The lowest BCUT2D eigenvalue weighted by atomic mass is 9.93. The number of rotatable bonds is 4. The molecule has 1 amide bonds. The van der Waals surface area contributed by atoms with Gasteiger partial charge in [0, 0.05) is 39.5 Å². The summed E-state index contributed by atoms with van der Waals surface area (Å²) in [6.45, 7) is 1.59. The number of carbonyl (C=O) groups is 1. The van der Waals surface area contributed by atoms with Gasteiger partial charge in [0.2, 0.25) is 5.91 Å². The summed E-state index contributed by atoms with van der Waals surface area (Å²) in [7, 11) is 0. The summed E-state index contributed by atoms with van der Waals surface area (Å²) in [5.74, 6) is -1.87. The van der Waals surface area contributed by atoms with E-state index in [4.69, 9.17) is 33.9 Å². The van der Waals surface area contributed by atoms with Crippen molar-refractivity contribution in [1.29, 1.82) is 0 Å². The number of nitrogens with zero attached hydrogens (tertiary/aromatic N) is 4. The Morgan fingerprint density at radius 1 is 1.11 bits per heavy atom. The second-order valence-electron chi connectivity index (χ2n) is 7.85. The molecule has 0 saturated heterocycles. The van der Waals surface area contributed by atoms with Crippen molar-refractivity contribution in [1.82, 2.24) is 15.2 Å². The molecule has 4 aromatic rings. The minimum atomic E-state index is -1.11. The Kier molecular flexibility index (Phi) is 5.74. The number of carbonyl (C=O) groups excluding carboxylic acids is 1. The quantitative estimate of drug-likeness (QED) is 0.361. The molecule has 2 aromatic carbocycles. The summed E-state index contributed by atoms with van der Waals surface area (Å²) < 4.78 is 30.4. The fourth-order valence-corrected chi connectivity index (χ4v) is 4.48. The molecular weight excluding hydrogens is 497 g/mol. The summed E-state index contributed by atoms with van der Waals surface area (Å²) >= 11 is 12.1. The number of aromatic amines is 1. The number of amides is 1. The van der Waals surface area contributed by atoms with Crippen LogP contribution in [0.5, 0.6) is 0 Å². The van der Waals surface area contributed by atoms with E-state index < -0.39 is 23.6 Å². The first-order valence-corrected chi connectivity index (χ1v) is 11.1. The summed E-state index contributed by atoms with van der Waals surface area (Å²) in [5, 5.41) is 7.65. The zero-order valence-electron chi connectivity index (χ0n) is 18.1. The van der Waals surface area contributed by atoms with Crippen LogP contribution in [0.25, 0.3) is 10.9 Å². The number of aliphatic imine (C=N–C) groups is 1. The lowest BCUT2D eigenvalue weighted by molar-refractivity contribution is -0.114. The van der Waals surface area contributed by atoms with Crippen LogP contribution in [0.1, 0.15) is 24.1 Å². The number of hydrogen-bond acceptors (Lipinski definition) is 5. The van der Waals surface area contributed by atoms with E-state index in [1.165, 1.54) is 29.3 Å². The Bertz CT molecular complexity index is 1560. The number of aromatic nitrogens is 3. The van der Waals surface area contributed by atoms with Gasteiger partial charge in [-0.25, -0.2) is 13.8 Å². The number of H-pyrrole nitrogens is 1. The minimum Gasteiger partial charge on any atom is -0.366 e. The molecule has 5 rings (SSSR count). The Balaban J connectivity index is 1.80. The predicted molar refractivity (Wildman–Crippen MR) is 130 cm³/mol.